The summed E-state index contributed by atoms with van der Waals surface area (Å²) in [7, 11) is 0. The average molecular weight is 288 g/mol. The number of hydrogen-bond acceptors (Lipinski definition) is 4. The third kappa shape index (κ3) is 2.17. The molecule has 0 amide bonds. The van der Waals surface area contributed by atoms with Gasteiger partial charge in [-0.25, -0.2) is 4.79 Å². The summed E-state index contributed by atoms with van der Waals surface area (Å²) in [5.41, 5.74) is 2.76. The first-order chi connectivity index (χ1) is 10.1. The molecule has 1 aromatic carbocycles. The van der Waals surface area contributed by atoms with Crippen molar-refractivity contribution in [2.45, 2.75) is 19.4 Å². The molecular formula is C15H16N2O4. The minimum absolute atomic E-state index is 0.307. The number of carboxylic acid groups (broad SMARTS) is 1. The molecule has 1 atom stereocenters. The number of ether oxygens (including phenoxy) is 1. The fourth-order valence-electron chi connectivity index (χ4n) is 2.88. The van der Waals surface area contributed by atoms with E-state index in [0.29, 0.717) is 30.8 Å². The van der Waals surface area contributed by atoms with Crippen molar-refractivity contribution in [2.75, 3.05) is 13.2 Å². The molecule has 0 saturated carbocycles. The summed E-state index contributed by atoms with van der Waals surface area (Å²) in [5, 5.41) is 13.0. The molecule has 1 unspecified atom stereocenters. The first-order valence-corrected chi connectivity index (χ1v) is 6.90. The van der Waals surface area contributed by atoms with Crippen LogP contribution < -0.4 is 5.32 Å². The zero-order valence-electron chi connectivity index (χ0n) is 11.6. The van der Waals surface area contributed by atoms with Gasteiger partial charge in [-0.1, -0.05) is 6.07 Å². The second-order valence-corrected chi connectivity index (χ2v) is 4.94. The van der Waals surface area contributed by atoms with Gasteiger partial charge in [0.05, 0.1) is 12.2 Å². The van der Waals surface area contributed by atoms with Crippen LogP contribution in [0, 0.1) is 0 Å². The minimum atomic E-state index is -0.930. The Labute approximate surface area is 121 Å². The fraction of sp³-hybridized carbons (Fsp3) is 0.333. The SMILES string of the molecule is CCOC(=O)c1cccc2[nH]c3c(c12)CCNC3C(=O)O. The summed E-state index contributed by atoms with van der Waals surface area (Å²) >= 11 is 0. The van der Waals surface area contributed by atoms with E-state index in [0.717, 1.165) is 16.5 Å². The minimum Gasteiger partial charge on any atom is -0.480 e. The van der Waals surface area contributed by atoms with E-state index in [9.17, 15) is 14.7 Å². The Bertz CT molecular complexity index is 720. The Hall–Kier alpha value is -2.34. The smallest absolute Gasteiger partial charge is 0.338 e. The highest BCUT2D eigenvalue weighted by molar-refractivity contribution is 6.06. The van der Waals surface area contributed by atoms with Crippen LogP contribution in [0.2, 0.25) is 0 Å². The number of fused-ring (bicyclic) bond motifs is 3. The Morgan fingerprint density at radius 3 is 2.95 bits per heavy atom. The number of rotatable bonds is 3. The molecule has 0 saturated heterocycles. The lowest BCUT2D eigenvalue weighted by molar-refractivity contribution is -0.139. The van der Waals surface area contributed by atoms with Gasteiger partial charge in [0, 0.05) is 23.1 Å². The van der Waals surface area contributed by atoms with Gasteiger partial charge in [0.2, 0.25) is 0 Å². The number of nitrogens with one attached hydrogen (secondary N) is 2. The van der Waals surface area contributed by atoms with Crippen molar-refractivity contribution in [3.8, 4) is 0 Å². The monoisotopic (exact) mass is 288 g/mol. The highest BCUT2D eigenvalue weighted by Gasteiger charge is 2.30. The number of benzene rings is 1. The predicted octanol–water partition coefficient (Wildman–Crippen LogP) is 1.62. The van der Waals surface area contributed by atoms with E-state index in [1.54, 1.807) is 19.1 Å². The van der Waals surface area contributed by atoms with Gasteiger partial charge in [0.15, 0.2) is 0 Å². The lowest BCUT2D eigenvalue weighted by Gasteiger charge is -2.20. The molecule has 21 heavy (non-hydrogen) atoms. The number of carbonyl (C=O) groups excluding carboxylic acids is 1. The van der Waals surface area contributed by atoms with E-state index >= 15 is 0 Å². The Morgan fingerprint density at radius 1 is 1.43 bits per heavy atom. The van der Waals surface area contributed by atoms with Crippen molar-refractivity contribution in [2.24, 2.45) is 0 Å². The maximum absolute atomic E-state index is 12.1. The van der Waals surface area contributed by atoms with E-state index in [2.05, 4.69) is 10.3 Å². The quantitative estimate of drug-likeness (QED) is 0.746. The molecule has 3 rings (SSSR count). The van der Waals surface area contributed by atoms with Crippen molar-refractivity contribution in [3.63, 3.8) is 0 Å². The highest BCUT2D eigenvalue weighted by Crippen LogP contribution is 2.32. The van der Waals surface area contributed by atoms with Crippen LogP contribution in [0.25, 0.3) is 10.9 Å². The number of aromatic amines is 1. The summed E-state index contributed by atoms with van der Waals surface area (Å²) in [5.74, 6) is -1.31. The predicted molar refractivity (Wildman–Crippen MR) is 76.3 cm³/mol. The largest absolute Gasteiger partial charge is 0.480 e. The molecule has 1 aliphatic heterocycles. The second kappa shape index (κ2) is 5.21. The van der Waals surface area contributed by atoms with Gasteiger partial charge in [-0.2, -0.15) is 0 Å². The molecule has 6 heteroatoms. The van der Waals surface area contributed by atoms with Crippen molar-refractivity contribution >= 4 is 22.8 Å². The molecule has 3 N–H and O–H groups in total. The van der Waals surface area contributed by atoms with Crippen LogP contribution in [-0.2, 0) is 16.0 Å². The highest BCUT2D eigenvalue weighted by atomic mass is 16.5. The Balaban J connectivity index is 2.21. The molecule has 2 heterocycles. The van der Waals surface area contributed by atoms with Crippen LogP contribution in [0.1, 0.15) is 34.6 Å². The summed E-state index contributed by atoms with van der Waals surface area (Å²) in [4.78, 5) is 26.6. The fourth-order valence-corrected chi connectivity index (χ4v) is 2.88. The Morgan fingerprint density at radius 2 is 2.24 bits per heavy atom. The molecular weight excluding hydrogens is 272 g/mol. The third-order valence-corrected chi connectivity index (χ3v) is 3.72. The number of esters is 1. The number of hydrogen-bond donors (Lipinski definition) is 3. The van der Waals surface area contributed by atoms with Crippen LogP contribution in [0.15, 0.2) is 18.2 Å². The molecule has 0 radical (unpaired) electrons. The van der Waals surface area contributed by atoms with Gasteiger partial charge in [-0.05, 0) is 31.0 Å². The Kier molecular flexibility index (Phi) is 3.39. The van der Waals surface area contributed by atoms with Crippen molar-refractivity contribution in [1.29, 1.82) is 0 Å². The lowest BCUT2D eigenvalue weighted by Crippen LogP contribution is -2.35. The zero-order valence-corrected chi connectivity index (χ0v) is 11.6. The standard InChI is InChI=1S/C15H16N2O4/c1-2-21-15(20)9-4-3-5-10-11(9)8-6-7-16-13(14(18)19)12(8)17-10/h3-5,13,16-17H,2,6-7H2,1H3,(H,18,19). The van der Waals surface area contributed by atoms with Crippen LogP contribution in [0.3, 0.4) is 0 Å². The number of H-pyrrole nitrogens is 1. The molecule has 2 aromatic rings. The number of carboxylic acids is 1. The molecule has 1 aromatic heterocycles. The molecule has 6 nitrogen and oxygen atoms in total. The second-order valence-electron chi connectivity index (χ2n) is 4.94. The zero-order chi connectivity index (χ0) is 15.0. The van der Waals surface area contributed by atoms with E-state index in [1.165, 1.54) is 0 Å². The topological polar surface area (TPSA) is 91.4 Å². The normalized spacial score (nSPS) is 17.5. The van der Waals surface area contributed by atoms with Crippen LogP contribution in [-0.4, -0.2) is 35.2 Å². The molecule has 110 valence electrons. The first-order valence-electron chi connectivity index (χ1n) is 6.90. The number of aliphatic carboxylic acids is 1. The average Bonchev–Trinajstić information content (AvgIpc) is 2.85. The van der Waals surface area contributed by atoms with Crippen molar-refractivity contribution in [3.05, 3.63) is 35.0 Å². The van der Waals surface area contributed by atoms with Crippen LogP contribution >= 0.6 is 0 Å². The van der Waals surface area contributed by atoms with Crippen molar-refractivity contribution < 1.29 is 19.4 Å². The van der Waals surface area contributed by atoms with E-state index in [1.807, 2.05) is 6.07 Å². The van der Waals surface area contributed by atoms with E-state index < -0.39 is 12.0 Å². The maximum atomic E-state index is 12.1. The number of carbonyl (C=O) groups is 2. The molecule has 0 fully saturated rings. The number of aromatic nitrogens is 1. The van der Waals surface area contributed by atoms with Gasteiger partial charge >= 0.3 is 11.9 Å². The van der Waals surface area contributed by atoms with Gasteiger partial charge < -0.3 is 14.8 Å². The third-order valence-electron chi connectivity index (χ3n) is 3.72. The molecule has 0 bridgehead atoms. The summed E-state index contributed by atoms with van der Waals surface area (Å²) < 4.78 is 5.09. The van der Waals surface area contributed by atoms with Crippen LogP contribution in [0.4, 0.5) is 0 Å². The summed E-state index contributed by atoms with van der Waals surface area (Å²) in [6.07, 6.45) is 0.676. The summed E-state index contributed by atoms with van der Waals surface area (Å²) in [6, 6.07) is 4.55. The molecule has 1 aliphatic rings. The maximum Gasteiger partial charge on any atom is 0.338 e. The van der Waals surface area contributed by atoms with Gasteiger partial charge in [0.1, 0.15) is 6.04 Å². The van der Waals surface area contributed by atoms with E-state index in [-0.39, 0.29) is 5.97 Å². The lowest BCUT2D eigenvalue weighted by atomic mass is 9.97. The van der Waals surface area contributed by atoms with E-state index in [4.69, 9.17) is 4.74 Å². The van der Waals surface area contributed by atoms with Gasteiger partial charge in [-0.15, -0.1) is 0 Å². The first kappa shape index (κ1) is 13.6. The molecule has 0 spiro atoms. The summed E-state index contributed by atoms with van der Waals surface area (Å²) in [6.45, 7) is 2.63. The van der Waals surface area contributed by atoms with Crippen LogP contribution in [0.5, 0.6) is 0 Å². The van der Waals surface area contributed by atoms with Crippen molar-refractivity contribution in [1.82, 2.24) is 10.3 Å². The van der Waals surface area contributed by atoms with Gasteiger partial charge in [0.25, 0.3) is 0 Å². The molecule has 0 aliphatic carbocycles. The van der Waals surface area contributed by atoms with Gasteiger partial charge in [-0.3, -0.25) is 10.1 Å².